The van der Waals surface area contributed by atoms with E-state index in [0.717, 1.165) is 5.56 Å². The number of nitrogens with one attached hydrogen (secondary N) is 1. The summed E-state index contributed by atoms with van der Waals surface area (Å²) in [5, 5.41) is 2.77. The Morgan fingerprint density at radius 3 is 2.52 bits per heavy atom. The van der Waals surface area contributed by atoms with E-state index in [9.17, 15) is 9.59 Å². The Hall–Kier alpha value is -1.88. The van der Waals surface area contributed by atoms with Gasteiger partial charge in [-0.05, 0) is 18.4 Å². The molecular formula is C16H22N2O3. The lowest BCUT2D eigenvalue weighted by Crippen LogP contribution is -2.44. The third-order valence-electron chi connectivity index (χ3n) is 3.80. The van der Waals surface area contributed by atoms with Crippen molar-refractivity contribution in [1.29, 1.82) is 0 Å². The SMILES string of the molecule is COCCNC(=O)C1(C(=O)N(C)Cc2ccccc2)CC1. The molecule has 0 aromatic heterocycles. The van der Waals surface area contributed by atoms with E-state index in [2.05, 4.69) is 5.32 Å². The molecule has 2 rings (SSSR count). The number of benzene rings is 1. The van der Waals surface area contributed by atoms with Gasteiger partial charge in [-0.3, -0.25) is 9.59 Å². The molecule has 0 aliphatic heterocycles. The molecule has 1 N–H and O–H groups in total. The molecule has 1 aliphatic rings. The summed E-state index contributed by atoms with van der Waals surface area (Å²) in [6.07, 6.45) is 1.26. The molecule has 1 aliphatic carbocycles. The van der Waals surface area contributed by atoms with E-state index >= 15 is 0 Å². The molecule has 0 saturated heterocycles. The van der Waals surface area contributed by atoms with Crippen molar-refractivity contribution in [2.75, 3.05) is 27.3 Å². The summed E-state index contributed by atoms with van der Waals surface area (Å²) < 4.78 is 4.90. The van der Waals surface area contributed by atoms with Crippen LogP contribution in [0.3, 0.4) is 0 Å². The molecular weight excluding hydrogens is 268 g/mol. The largest absolute Gasteiger partial charge is 0.383 e. The Bertz CT molecular complexity index is 498. The molecule has 5 nitrogen and oxygen atoms in total. The van der Waals surface area contributed by atoms with Crippen LogP contribution in [-0.2, 0) is 20.9 Å². The van der Waals surface area contributed by atoms with Crippen molar-refractivity contribution in [3.05, 3.63) is 35.9 Å². The molecule has 0 bridgehead atoms. The molecule has 0 spiro atoms. The van der Waals surface area contributed by atoms with E-state index in [0.29, 0.717) is 32.5 Å². The van der Waals surface area contributed by atoms with Crippen LogP contribution in [0.15, 0.2) is 30.3 Å². The number of carbonyl (C=O) groups is 2. The van der Waals surface area contributed by atoms with E-state index in [1.54, 1.807) is 19.1 Å². The van der Waals surface area contributed by atoms with Gasteiger partial charge in [0, 0.05) is 27.2 Å². The first-order valence-corrected chi connectivity index (χ1v) is 7.17. The molecule has 5 heteroatoms. The highest BCUT2D eigenvalue weighted by atomic mass is 16.5. The van der Waals surface area contributed by atoms with Gasteiger partial charge in [0.15, 0.2) is 0 Å². The lowest BCUT2D eigenvalue weighted by Gasteiger charge is -2.23. The third kappa shape index (κ3) is 3.61. The van der Waals surface area contributed by atoms with Gasteiger partial charge in [-0.15, -0.1) is 0 Å². The van der Waals surface area contributed by atoms with E-state index < -0.39 is 5.41 Å². The van der Waals surface area contributed by atoms with Crippen LogP contribution in [0.5, 0.6) is 0 Å². The van der Waals surface area contributed by atoms with Crippen molar-refractivity contribution in [3.8, 4) is 0 Å². The number of nitrogens with zero attached hydrogens (tertiary/aromatic N) is 1. The average Bonchev–Trinajstić information content (AvgIpc) is 3.29. The minimum Gasteiger partial charge on any atom is -0.383 e. The number of ether oxygens (including phenoxy) is 1. The molecule has 0 heterocycles. The molecule has 1 aromatic rings. The van der Waals surface area contributed by atoms with Crippen LogP contribution in [-0.4, -0.2) is 44.0 Å². The number of methoxy groups -OCH3 is 1. The molecule has 114 valence electrons. The van der Waals surface area contributed by atoms with Gasteiger partial charge in [0.2, 0.25) is 11.8 Å². The highest BCUT2D eigenvalue weighted by molar-refractivity contribution is 6.07. The smallest absolute Gasteiger partial charge is 0.238 e. The second-order valence-electron chi connectivity index (χ2n) is 5.48. The maximum Gasteiger partial charge on any atom is 0.238 e. The standard InChI is InChI=1S/C16H22N2O3/c1-18(12-13-6-4-3-5-7-13)15(20)16(8-9-16)14(19)17-10-11-21-2/h3-7H,8-12H2,1-2H3,(H,17,19). The van der Waals surface area contributed by atoms with Gasteiger partial charge in [0.25, 0.3) is 0 Å². The van der Waals surface area contributed by atoms with Crippen molar-refractivity contribution >= 4 is 11.8 Å². The van der Waals surface area contributed by atoms with Crippen LogP contribution in [0, 0.1) is 5.41 Å². The normalized spacial score (nSPS) is 15.3. The van der Waals surface area contributed by atoms with Gasteiger partial charge in [0.05, 0.1) is 6.61 Å². The fraction of sp³-hybridized carbons (Fsp3) is 0.500. The highest BCUT2D eigenvalue weighted by Crippen LogP contribution is 2.47. The number of hydrogen-bond donors (Lipinski definition) is 1. The Morgan fingerprint density at radius 1 is 1.29 bits per heavy atom. The first-order chi connectivity index (χ1) is 10.1. The molecule has 0 atom stereocenters. The quantitative estimate of drug-likeness (QED) is 0.606. The summed E-state index contributed by atoms with van der Waals surface area (Å²) in [4.78, 5) is 26.4. The zero-order chi connectivity index (χ0) is 15.3. The second kappa shape index (κ2) is 6.72. The molecule has 1 fully saturated rings. The van der Waals surface area contributed by atoms with Crippen molar-refractivity contribution in [2.24, 2.45) is 5.41 Å². The number of hydrogen-bond acceptors (Lipinski definition) is 3. The topological polar surface area (TPSA) is 58.6 Å². The van der Waals surface area contributed by atoms with Gasteiger partial charge in [0.1, 0.15) is 5.41 Å². The predicted octanol–water partition coefficient (Wildman–Crippen LogP) is 1.19. The van der Waals surface area contributed by atoms with E-state index in [1.807, 2.05) is 30.3 Å². The lowest BCUT2D eigenvalue weighted by molar-refractivity contribution is -0.143. The zero-order valence-corrected chi connectivity index (χ0v) is 12.6. The number of rotatable bonds is 7. The van der Waals surface area contributed by atoms with E-state index in [-0.39, 0.29) is 11.8 Å². The molecule has 1 aromatic carbocycles. The summed E-state index contributed by atoms with van der Waals surface area (Å²) in [6, 6.07) is 9.77. The molecule has 1 saturated carbocycles. The summed E-state index contributed by atoms with van der Waals surface area (Å²) in [5.74, 6) is -0.272. The van der Waals surface area contributed by atoms with Gasteiger partial charge < -0.3 is 15.0 Å². The summed E-state index contributed by atoms with van der Waals surface area (Å²) >= 11 is 0. The van der Waals surface area contributed by atoms with Gasteiger partial charge in [-0.25, -0.2) is 0 Å². The Morgan fingerprint density at radius 2 is 1.95 bits per heavy atom. The monoisotopic (exact) mass is 290 g/mol. The van der Waals surface area contributed by atoms with Gasteiger partial charge in [-0.1, -0.05) is 30.3 Å². The van der Waals surface area contributed by atoms with Crippen molar-refractivity contribution in [1.82, 2.24) is 10.2 Å². The lowest BCUT2D eigenvalue weighted by atomic mass is 10.0. The summed E-state index contributed by atoms with van der Waals surface area (Å²) in [7, 11) is 3.33. The molecule has 0 unspecified atom stereocenters. The van der Waals surface area contributed by atoms with Crippen LogP contribution in [0.25, 0.3) is 0 Å². The van der Waals surface area contributed by atoms with Crippen molar-refractivity contribution in [2.45, 2.75) is 19.4 Å². The number of carbonyl (C=O) groups excluding carboxylic acids is 2. The Kier molecular flexibility index (Phi) is 4.96. The highest BCUT2D eigenvalue weighted by Gasteiger charge is 2.57. The summed E-state index contributed by atoms with van der Waals surface area (Å²) in [5.41, 5.74) is 0.209. The van der Waals surface area contributed by atoms with Gasteiger partial charge >= 0.3 is 0 Å². The minimum absolute atomic E-state index is 0.0960. The van der Waals surface area contributed by atoms with Crippen LogP contribution in [0.4, 0.5) is 0 Å². The van der Waals surface area contributed by atoms with Crippen LogP contribution in [0.2, 0.25) is 0 Å². The average molecular weight is 290 g/mol. The minimum atomic E-state index is -0.850. The molecule has 21 heavy (non-hydrogen) atoms. The first kappa shape index (κ1) is 15.5. The maximum absolute atomic E-state index is 12.5. The fourth-order valence-electron chi connectivity index (χ4n) is 2.39. The van der Waals surface area contributed by atoms with E-state index in [1.165, 1.54) is 0 Å². The number of amides is 2. The second-order valence-corrected chi connectivity index (χ2v) is 5.48. The van der Waals surface area contributed by atoms with E-state index in [4.69, 9.17) is 4.74 Å². The first-order valence-electron chi connectivity index (χ1n) is 7.17. The van der Waals surface area contributed by atoms with Crippen molar-refractivity contribution < 1.29 is 14.3 Å². The fourth-order valence-corrected chi connectivity index (χ4v) is 2.39. The van der Waals surface area contributed by atoms with Crippen molar-refractivity contribution in [3.63, 3.8) is 0 Å². The van der Waals surface area contributed by atoms with Crippen LogP contribution in [0.1, 0.15) is 18.4 Å². The zero-order valence-electron chi connectivity index (χ0n) is 12.6. The van der Waals surface area contributed by atoms with Crippen LogP contribution < -0.4 is 5.32 Å². The Balaban J connectivity index is 1.93. The Labute approximate surface area is 125 Å². The van der Waals surface area contributed by atoms with Crippen LogP contribution >= 0.6 is 0 Å². The molecule has 0 radical (unpaired) electrons. The summed E-state index contributed by atoms with van der Waals surface area (Å²) in [6.45, 7) is 1.41. The molecule has 2 amide bonds. The van der Waals surface area contributed by atoms with Gasteiger partial charge in [-0.2, -0.15) is 0 Å². The third-order valence-corrected chi connectivity index (χ3v) is 3.80. The predicted molar refractivity (Wildman–Crippen MR) is 79.5 cm³/mol. The maximum atomic E-state index is 12.5.